The van der Waals surface area contributed by atoms with E-state index in [1.54, 1.807) is 0 Å². The van der Waals surface area contributed by atoms with E-state index in [9.17, 15) is 0 Å². The second kappa shape index (κ2) is 5.33. The van der Waals surface area contributed by atoms with Crippen molar-refractivity contribution in [1.82, 2.24) is 14.9 Å². The molecule has 1 saturated carbocycles. The highest BCUT2D eigenvalue weighted by molar-refractivity contribution is 5.75. The molecule has 0 bridgehead atoms. The zero-order chi connectivity index (χ0) is 13.2. The zero-order valence-electron chi connectivity index (χ0n) is 11.9. The number of fused-ring (bicyclic) bond motifs is 1. The largest absolute Gasteiger partial charge is 0.331 e. The van der Waals surface area contributed by atoms with Gasteiger partial charge in [0.2, 0.25) is 0 Å². The van der Waals surface area contributed by atoms with E-state index in [0.29, 0.717) is 0 Å². The van der Waals surface area contributed by atoms with Gasteiger partial charge in [-0.2, -0.15) is 0 Å². The lowest BCUT2D eigenvalue weighted by atomic mass is 9.71. The SMILES string of the molecule is CCNCC1CCC1Cc1nc2ccccc2n1C. The van der Waals surface area contributed by atoms with Gasteiger partial charge in [-0.3, -0.25) is 0 Å². The summed E-state index contributed by atoms with van der Waals surface area (Å²) in [6, 6.07) is 8.42. The van der Waals surface area contributed by atoms with Gasteiger partial charge in [0.1, 0.15) is 5.82 Å². The summed E-state index contributed by atoms with van der Waals surface area (Å²) in [7, 11) is 2.14. The molecule has 0 aliphatic heterocycles. The van der Waals surface area contributed by atoms with Gasteiger partial charge in [0.25, 0.3) is 0 Å². The topological polar surface area (TPSA) is 29.9 Å². The molecule has 1 aliphatic carbocycles. The molecule has 1 fully saturated rings. The summed E-state index contributed by atoms with van der Waals surface area (Å²) in [4.78, 5) is 4.79. The Morgan fingerprint density at radius 3 is 2.74 bits per heavy atom. The van der Waals surface area contributed by atoms with Crippen molar-refractivity contribution in [1.29, 1.82) is 0 Å². The van der Waals surface area contributed by atoms with Crippen LogP contribution in [0, 0.1) is 11.8 Å². The fourth-order valence-corrected chi connectivity index (χ4v) is 3.12. The molecule has 3 nitrogen and oxygen atoms in total. The van der Waals surface area contributed by atoms with Crippen LogP contribution in [0.2, 0.25) is 0 Å². The third-order valence-corrected chi connectivity index (χ3v) is 4.56. The Kier molecular flexibility index (Phi) is 3.56. The Hall–Kier alpha value is -1.35. The van der Waals surface area contributed by atoms with Gasteiger partial charge in [-0.15, -0.1) is 0 Å². The third kappa shape index (κ3) is 2.39. The number of hydrogen-bond acceptors (Lipinski definition) is 2. The summed E-state index contributed by atoms with van der Waals surface area (Å²) in [6.45, 7) is 4.43. The minimum Gasteiger partial charge on any atom is -0.331 e. The van der Waals surface area contributed by atoms with Crippen LogP contribution in [0.1, 0.15) is 25.6 Å². The minimum absolute atomic E-state index is 0.814. The molecule has 19 heavy (non-hydrogen) atoms. The summed E-state index contributed by atoms with van der Waals surface area (Å²) in [5, 5.41) is 3.48. The average molecular weight is 257 g/mol. The van der Waals surface area contributed by atoms with Gasteiger partial charge in [-0.05, 0) is 49.9 Å². The monoisotopic (exact) mass is 257 g/mol. The second-order valence-electron chi connectivity index (χ2n) is 5.69. The van der Waals surface area contributed by atoms with Crippen LogP contribution in [0.25, 0.3) is 11.0 Å². The maximum atomic E-state index is 4.79. The van der Waals surface area contributed by atoms with E-state index in [2.05, 4.69) is 48.1 Å². The standard InChI is InChI=1S/C16H23N3/c1-3-17-11-13-9-8-12(13)10-16-18-14-6-4-5-7-15(14)19(16)2/h4-7,12-13,17H,3,8-11H2,1-2H3. The number of nitrogens with one attached hydrogen (secondary N) is 1. The van der Waals surface area contributed by atoms with Crippen molar-refractivity contribution in [3.63, 3.8) is 0 Å². The summed E-state index contributed by atoms with van der Waals surface area (Å²) < 4.78 is 2.26. The predicted molar refractivity (Wildman–Crippen MR) is 79.2 cm³/mol. The molecule has 1 aromatic heterocycles. The molecular formula is C16H23N3. The van der Waals surface area contributed by atoms with E-state index in [1.165, 1.54) is 30.7 Å². The molecule has 1 aliphatic rings. The van der Waals surface area contributed by atoms with Crippen LogP contribution in [-0.4, -0.2) is 22.6 Å². The summed E-state index contributed by atoms with van der Waals surface area (Å²) in [5.41, 5.74) is 2.38. The molecule has 1 heterocycles. The number of imidazole rings is 1. The lowest BCUT2D eigenvalue weighted by molar-refractivity contribution is 0.168. The van der Waals surface area contributed by atoms with Gasteiger partial charge < -0.3 is 9.88 Å². The fourth-order valence-electron chi connectivity index (χ4n) is 3.12. The molecule has 2 atom stereocenters. The Bertz CT molecular complexity index is 558. The van der Waals surface area contributed by atoms with Crippen molar-refractivity contribution in [2.45, 2.75) is 26.2 Å². The molecule has 0 spiro atoms. The normalized spacial score (nSPS) is 22.6. The summed E-state index contributed by atoms with van der Waals surface area (Å²) in [6.07, 6.45) is 3.86. The Morgan fingerprint density at radius 2 is 2.05 bits per heavy atom. The van der Waals surface area contributed by atoms with E-state index < -0.39 is 0 Å². The molecule has 1 aromatic carbocycles. The number of nitrogens with zero attached hydrogens (tertiary/aromatic N) is 2. The van der Waals surface area contributed by atoms with Crippen molar-refractivity contribution in [3.05, 3.63) is 30.1 Å². The molecular weight excluding hydrogens is 234 g/mol. The Labute approximate surface area is 115 Å². The van der Waals surface area contributed by atoms with Crippen LogP contribution in [0.3, 0.4) is 0 Å². The van der Waals surface area contributed by atoms with Gasteiger partial charge in [0.05, 0.1) is 11.0 Å². The van der Waals surface area contributed by atoms with Crippen LogP contribution in [0.5, 0.6) is 0 Å². The maximum absolute atomic E-state index is 4.79. The smallest absolute Gasteiger partial charge is 0.109 e. The molecule has 2 aromatic rings. The van der Waals surface area contributed by atoms with Crippen LogP contribution in [-0.2, 0) is 13.5 Å². The molecule has 3 rings (SSSR count). The third-order valence-electron chi connectivity index (χ3n) is 4.56. The lowest BCUT2D eigenvalue weighted by Crippen LogP contribution is -2.36. The highest BCUT2D eigenvalue weighted by Gasteiger charge is 2.31. The van der Waals surface area contributed by atoms with E-state index >= 15 is 0 Å². The Morgan fingerprint density at radius 1 is 1.26 bits per heavy atom. The molecule has 1 N–H and O–H groups in total. The molecule has 0 saturated heterocycles. The van der Waals surface area contributed by atoms with E-state index in [4.69, 9.17) is 4.98 Å². The summed E-state index contributed by atoms with van der Waals surface area (Å²) >= 11 is 0. The average Bonchev–Trinajstić information content (AvgIpc) is 2.73. The van der Waals surface area contributed by atoms with E-state index in [0.717, 1.165) is 30.3 Å². The maximum Gasteiger partial charge on any atom is 0.109 e. The summed E-state index contributed by atoms with van der Waals surface area (Å²) in [5.74, 6) is 2.90. The van der Waals surface area contributed by atoms with E-state index in [1.807, 2.05) is 0 Å². The first kappa shape index (κ1) is 12.7. The van der Waals surface area contributed by atoms with Crippen molar-refractivity contribution < 1.29 is 0 Å². The molecule has 2 unspecified atom stereocenters. The van der Waals surface area contributed by atoms with Gasteiger partial charge in [-0.1, -0.05) is 19.1 Å². The van der Waals surface area contributed by atoms with Crippen molar-refractivity contribution in [2.24, 2.45) is 18.9 Å². The second-order valence-corrected chi connectivity index (χ2v) is 5.69. The van der Waals surface area contributed by atoms with Crippen molar-refractivity contribution in [2.75, 3.05) is 13.1 Å². The van der Waals surface area contributed by atoms with Gasteiger partial charge in [0.15, 0.2) is 0 Å². The van der Waals surface area contributed by atoms with Gasteiger partial charge >= 0.3 is 0 Å². The van der Waals surface area contributed by atoms with E-state index in [-0.39, 0.29) is 0 Å². The molecule has 0 radical (unpaired) electrons. The first-order valence-electron chi connectivity index (χ1n) is 7.40. The highest BCUT2D eigenvalue weighted by Crippen LogP contribution is 2.36. The van der Waals surface area contributed by atoms with Gasteiger partial charge in [0, 0.05) is 13.5 Å². The fraction of sp³-hybridized carbons (Fsp3) is 0.562. The Balaban J connectivity index is 1.73. The highest BCUT2D eigenvalue weighted by atomic mass is 15.1. The van der Waals surface area contributed by atoms with Gasteiger partial charge in [-0.25, -0.2) is 4.98 Å². The van der Waals surface area contributed by atoms with Crippen LogP contribution < -0.4 is 5.32 Å². The molecule has 102 valence electrons. The van der Waals surface area contributed by atoms with Crippen LogP contribution in [0.4, 0.5) is 0 Å². The van der Waals surface area contributed by atoms with Crippen molar-refractivity contribution in [3.8, 4) is 0 Å². The van der Waals surface area contributed by atoms with Crippen LogP contribution in [0.15, 0.2) is 24.3 Å². The minimum atomic E-state index is 0.814. The first-order valence-corrected chi connectivity index (χ1v) is 7.40. The number of aromatic nitrogens is 2. The lowest BCUT2D eigenvalue weighted by Gasteiger charge is -2.36. The molecule has 3 heteroatoms. The van der Waals surface area contributed by atoms with Crippen molar-refractivity contribution >= 4 is 11.0 Å². The number of para-hydroxylation sites is 2. The number of aryl methyl sites for hydroxylation is 1. The zero-order valence-corrected chi connectivity index (χ0v) is 11.9. The number of rotatable bonds is 5. The number of hydrogen-bond donors (Lipinski definition) is 1. The first-order chi connectivity index (χ1) is 9.29. The number of benzene rings is 1. The predicted octanol–water partition coefficient (Wildman–Crippen LogP) is 2.75. The quantitative estimate of drug-likeness (QED) is 0.892. The molecule has 0 amide bonds. The van der Waals surface area contributed by atoms with Crippen LogP contribution >= 0.6 is 0 Å².